The maximum Gasteiger partial charge on any atom is 0.219 e. The van der Waals surface area contributed by atoms with Gasteiger partial charge in [0.05, 0.1) is 36.2 Å². The lowest BCUT2D eigenvalue weighted by molar-refractivity contribution is 0.407. The molecule has 0 fully saturated rings. The number of para-hydroxylation sites is 1. The molecular weight excluding hydrogens is 436 g/mol. The van der Waals surface area contributed by atoms with Crippen LogP contribution in [0.4, 0.5) is 0 Å². The maximum atomic E-state index is 6.01. The summed E-state index contributed by atoms with van der Waals surface area (Å²) in [6.45, 7) is 1.94. The number of nitrogens with zero attached hydrogens (tertiary/aromatic N) is 4. The van der Waals surface area contributed by atoms with Gasteiger partial charge >= 0.3 is 0 Å². The fourth-order valence-corrected chi connectivity index (χ4v) is 4.34. The van der Waals surface area contributed by atoms with Crippen LogP contribution in [0.2, 0.25) is 0 Å². The number of aromatic nitrogens is 4. The van der Waals surface area contributed by atoms with Crippen molar-refractivity contribution in [2.45, 2.75) is 6.92 Å². The molecule has 0 unspecified atom stereocenters. The van der Waals surface area contributed by atoms with Crippen LogP contribution >= 0.6 is 0 Å². The molecule has 0 bridgehead atoms. The average molecular weight is 459 g/mol. The third-order valence-corrected chi connectivity index (χ3v) is 5.98. The largest absolute Gasteiger partial charge is 0.497 e. The minimum Gasteiger partial charge on any atom is -0.497 e. The highest BCUT2D eigenvalue weighted by Gasteiger charge is 2.15. The van der Waals surface area contributed by atoms with E-state index in [9.17, 15) is 0 Å². The summed E-state index contributed by atoms with van der Waals surface area (Å²) in [7, 11) is 1.65. The minimum atomic E-state index is 0.528. The predicted octanol–water partition coefficient (Wildman–Crippen LogP) is 6.75. The SMILES string of the molecule is COc1cc(Oc2ccccn2)cc(-c2ccc3c4ccccc4n(-c4cnc(C)cn4)c3c2)c1. The van der Waals surface area contributed by atoms with Gasteiger partial charge in [-0.15, -0.1) is 0 Å². The Labute approximate surface area is 202 Å². The summed E-state index contributed by atoms with van der Waals surface area (Å²) >= 11 is 0. The van der Waals surface area contributed by atoms with E-state index in [0.717, 1.165) is 39.1 Å². The zero-order valence-electron chi connectivity index (χ0n) is 19.3. The molecular formula is C29H22N4O2. The number of hydrogen-bond donors (Lipinski definition) is 0. The van der Waals surface area contributed by atoms with Gasteiger partial charge in [0.1, 0.15) is 11.5 Å². The first kappa shape index (κ1) is 20.9. The van der Waals surface area contributed by atoms with E-state index in [1.807, 2.05) is 55.6 Å². The molecule has 0 aliphatic rings. The second-order valence-corrected chi connectivity index (χ2v) is 8.27. The fourth-order valence-electron chi connectivity index (χ4n) is 4.34. The molecule has 0 N–H and O–H groups in total. The molecule has 0 saturated carbocycles. The molecule has 6 nitrogen and oxygen atoms in total. The molecule has 3 aromatic carbocycles. The third-order valence-electron chi connectivity index (χ3n) is 5.98. The van der Waals surface area contributed by atoms with Gasteiger partial charge < -0.3 is 9.47 Å². The van der Waals surface area contributed by atoms with Gasteiger partial charge in [-0.05, 0) is 48.4 Å². The van der Waals surface area contributed by atoms with E-state index < -0.39 is 0 Å². The minimum absolute atomic E-state index is 0.528. The Hall–Kier alpha value is -4.71. The van der Waals surface area contributed by atoms with Crippen LogP contribution in [0.15, 0.2) is 97.5 Å². The Morgan fingerprint density at radius 3 is 2.31 bits per heavy atom. The summed E-state index contributed by atoms with van der Waals surface area (Å²) in [5.41, 5.74) is 5.03. The molecule has 0 aliphatic carbocycles. The van der Waals surface area contributed by atoms with Gasteiger partial charge in [0.25, 0.3) is 0 Å². The second kappa shape index (κ2) is 8.57. The molecule has 35 heavy (non-hydrogen) atoms. The molecule has 0 saturated heterocycles. The van der Waals surface area contributed by atoms with Gasteiger partial charge in [-0.2, -0.15) is 0 Å². The van der Waals surface area contributed by atoms with Crippen LogP contribution in [0.25, 0.3) is 38.8 Å². The monoisotopic (exact) mass is 458 g/mol. The third kappa shape index (κ3) is 3.85. The molecule has 3 aromatic heterocycles. The Morgan fingerprint density at radius 1 is 0.686 bits per heavy atom. The molecule has 170 valence electrons. The van der Waals surface area contributed by atoms with Gasteiger partial charge in [-0.1, -0.05) is 36.4 Å². The van der Waals surface area contributed by atoms with Crippen molar-refractivity contribution in [1.82, 2.24) is 19.5 Å². The zero-order valence-corrected chi connectivity index (χ0v) is 19.3. The van der Waals surface area contributed by atoms with Crippen LogP contribution in [0.5, 0.6) is 17.4 Å². The smallest absolute Gasteiger partial charge is 0.219 e. The Kier molecular flexibility index (Phi) is 5.11. The van der Waals surface area contributed by atoms with Crippen molar-refractivity contribution in [2.75, 3.05) is 7.11 Å². The highest BCUT2D eigenvalue weighted by Crippen LogP contribution is 2.37. The number of benzene rings is 3. The van der Waals surface area contributed by atoms with Crippen LogP contribution in [-0.4, -0.2) is 26.6 Å². The summed E-state index contributed by atoms with van der Waals surface area (Å²) in [5, 5.41) is 2.32. The lowest BCUT2D eigenvalue weighted by Crippen LogP contribution is -1.99. The van der Waals surface area contributed by atoms with Crippen molar-refractivity contribution in [2.24, 2.45) is 0 Å². The van der Waals surface area contributed by atoms with Crippen molar-refractivity contribution in [1.29, 1.82) is 0 Å². The molecule has 6 aromatic rings. The number of rotatable bonds is 5. The molecule has 3 heterocycles. The molecule has 6 heteroatoms. The molecule has 0 spiro atoms. The van der Waals surface area contributed by atoms with Crippen LogP contribution in [0.3, 0.4) is 0 Å². The summed E-state index contributed by atoms with van der Waals surface area (Å²) < 4.78 is 13.7. The van der Waals surface area contributed by atoms with Gasteiger partial charge in [0.15, 0.2) is 5.82 Å². The first-order chi connectivity index (χ1) is 17.2. The van der Waals surface area contributed by atoms with E-state index in [1.165, 1.54) is 5.39 Å². The molecule has 0 amide bonds. The van der Waals surface area contributed by atoms with E-state index in [-0.39, 0.29) is 0 Å². The highest BCUT2D eigenvalue weighted by molar-refractivity contribution is 6.10. The quantitative estimate of drug-likeness (QED) is 0.286. The predicted molar refractivity (Wildman–Crippen MR) is 137 cm³/mol. The highest BCUT2D eigenvalue weighted by atomic mass is 16.5. The fraction of sp³-hybridized carbons (Fsp3) is 0.0690. The van der Waals surface area contributed by atoms with E-state index >= 15 is 0 Å². The maximum absolute atomic E-state index is 6.01. The molecule has 0 atom stereocenters. The van der Waals surface area contributed by atoms with Crippen molar-refractivity contribution in [3.63, 3.8) is 0 Å². The Balaban J connectivity index is 1.53. The lowest BCUT2D eigenvalue weighted by Gasteiger charge is -2.11. The van der Waals surface area contributed by atoms with E-state index in [0.29, 0.717) is 17.4 Å². The van der Waals surface area contributed by atoms with Crippen LogP contribution < -0.4 is 9.47 Å². The number of aryl methyl sites for hydroxylation is 1. The van der Waals surface area contributed by atoms with Gasteiger partial charge in [-0.25, -0.2) is 9.97 Å². The van der Waals surface area contributed by atoms with Crippen molar-refractivity contribution in [3.05, 3.63) is 103 Å². The number of methoxy groups -OCH3 is 1. The lowest BCUT2D eigenvalue weighted by atomic mass is 10.0. The number of hydrogen-bond acceptors (Lipinski definition) is 5. The van der Waals surface area contributed by atoms with Gasteiger partial charge in [0, 0.05) is 29.1 Å². The summed E-state index contributed by atoms with van der Waals surface area (Å²) in [6.07, 6.45) is 5.32. The first-order valence-electron chi connectivity index (χ1n) is 11.3. The number of ether oxygens (including phenoxy) is 2. The van der Waals surface area contributed by atoms with Gasteiger partial charge in [-0.3, -0.25) is 9.55 Å². The van der Waals surface area contributed by atoms with Crippen molar-refractivity contribution in [3.8, 4) is 34.3 Å². The normalized spacial score (nSPS) is 11.1. The van der Waals surface area contributed by atoms with E-state index in [4.69, 9.17) is 9.47 Å². The molecule has 0 aliphatic heterocycles. The van der Waals surface area contributed by atoms with Crippen LogP contribution in [-0.2, 0) is 0 Å². The standard InChI is InChI=1S/C29H22N4O2/c1-19-17-32-28(18-31-19)33-26-8-4-3-7-24(26)25-11-10-20(15-27(25)33)21-13-22(34-2)16-23(14-21)35-29-9-5-6-12-30-29/h3-18H,1-2H3. The van der Waals surface area contributed by atoms with Crippen molar-refractivity contribution >= 4 is 21.8 Å². The summed E-state index contributed by atoms with van der Waals surface area (Å²) in [6, 6.07) is 26.2. The number of fused-ring (bicyclic) bond motifs is 3. The van der Waals surface area contributed by atoms with E-state index in [1.54, 1.807) is 19.5 Å². The Morgan fingerprint density at radius 2 is 1.51 bits per heavy atom. The van der Waals surface area contributed by atoms with Crippen LogP contribution in [0, 0.1) is 6.92 Å². The van der Waals surface area contributed by atoms with E-state index in [2.05, 4.69) is 55.9 Å². The topological polar surface area (TPSA) is 62.1 Å². The Bertz CT molecular complexity index is 1660. The summed E-state index contributed by atoms with van der Waals surface area (Å²) in [4.78, 5) is 13.4. The number of pyridine rings is 1. The molecule has 6 rings (SSSR count). The first-order valence-corrected chi connectivity index (χ1v) is 11.3. The molecule has 0 radical (unpaired) electrons. The second-order valence-electron chi connectivity index (χ2n) is 8.27. The zero-order chi connectivity index (χ0) is 23.8. The van der Waals surface area contributed by atoms with Crippen molar-refractivity contribution < 1.29 is 9.47 Å². The van der Waals surface area contributed by atoms with Crippen LogP contribution in [0.1, 0.15) is 5.69 Å². The van der Waals surface area contributed by atoms with Gasteiger partial charge in [0.2, 0.25) is 5.88 Å². The summed E-state index contributed by atoms with van der Waals surface area (Å²) in [5.74, 6) is 2.67. The average Bonchev–Trinajstić information content (AvgIpc) is 3.23.